The Morgan fingerprint density at radius 1 is 0.842 bits per heavy atom. The molecule has 1 N–H and O–H groups in total. The first-order valence-corrected chi connectivity index (χ1v) is 12.8. The van der Waals surface area contributed by atoms with Gasteiger partial charge in [0.15, 0.2) is 5.75 Å². The first-order valence-electron chi connectivity index (χ1n) is 12.8. The van der Waals surface area contributed by atoms with Gasteiger partial charge in [-0.25, -0.2) is 9.68 Å². The molecule has 0 unspecified atom stereocenters. The molecule has 0 saturated carbocycles. The fraction of sp³-hybridized carbons (Fsp3) is 0.250. The van der Waals surface area contributed by atoms with Gasteiger partial charge >= 0.3 is 5.97 Å². The second-order valence-electron chi connectivity index (χ2n) is 9.42. The van der Waals surface area contributed by atoms with E-state index in [0.29, 0.717) is 23.6 Å². The first-order chi connectivity index (χ1) is 18.4. The molecule has 0 fully saturated rings. The van der Waals surface area contributed by atoms with Crippen molar-refractivity contribution >= 4 is 11.7 Å². The molecule has 4 aromatic rings. The van der Waals surface area contributed by atoms with Crippen molar-refractivity contribution in [2.75, 3.05) is 11.9 Å². The van der Waals surface area contributed by atoms with Crippen molar-refractivity contribution in [2.45, 2.75) is 47.1 Å². The van der Waals surface area contributed by atoms with E-state index in [4.69, 9.17) is 14.5 Å². The minimum atomic E-state index is -0.534. The van der Waals surface area contributed by atoms with Gasteiger partial charge in [-0.15, -0.1) is 0 Å². The number of pyridine rings is 1. The Morgan fingerprint density at radius 3 is 2.34 bits per heavy atom. The number of aryl methyl sites for hydroxylation is 5. The second kappa shape index (κ2) is 12.8. The summed E-state index contributed by atoms with van der Waals surface area (Å²) < 4.78 is 5.87. The van der Waals surface area contributed by atoms with Crippen LogP contribution in [-0.2, 0) is 17.9 Å². The van der Waals surface area contributed by atoms with E-state index in [0.717, 1.165) is 53.2 Å². The second-order valence-corrected chi connectivity index (χ2v) is 9.42. The number of nitrogens with one attached hydrogen (secondary N) is 1. The van der Waals surface area contributed by atoms with Crippen LogP contribution >= 0.6 is 0 Å². The number of hydrogen-bond donors (Lipinski definition) is 1. The van der Waals surface area contributed by atoms with Gasteiger partial charge in [-0.05, 0) is 99.2 Å². The molecule has 38 heavy (non-hydrogen) atoms. The summed E-state index contributed by atoms with van der Waals surface area (Å²) in [6, 6.07) is 25.8. The zero-order valence-electron chi connectivity index (χ0n) is 22.4. The number of benzene rings is 3. The topological polar surface area (TPSA) is 69.7 Å². The first kappa shape index (κ1) is 26.7. The van der Waals surface area contributed by atoms with Gasteiger partial charge in [0.2, 0.25) is 0 Å². The SMILES string of the molecule is Cc1ccc(OOC(=O)c2cc(C)c(NCCCc3ccc(OCc4ccccc4)cc3)cc2C)c(C)n1. The maximum Gasteiger partial charge on any atom is 0.386 e. The fourth-order valence-electron chi connectivity index (χ4n) is 4.12. The number of aromatic nitrogens is 1. The monoisotopic (exact) mass is 510 g/mol. The van der Waals surface area contributed by atoms with E-state index in [-0.39, 0.29) is 0 Å². The molecule has 3 aromatic carbocycles. The molecule has 1 heterocycles. The smallest absolute Gasteiger partial charge is 0.386 e. The molecule has 0 bridgehead atoms. The van der Waals surface area contributed by atoms with Gasteiger partial charge in [0.05, 0.1) is 11.3 Å². The zero-order chi connectivity index (χ0) is 26.9. The highest BCUT2D eigenvalue weighted by Crippen LogP contribution is 2.23. The van der Waals surface area contributed by atoms with E-state index in [9.17, 15) is 4.79 Å². The Labute approximate surface area is 224 Å². The van der Waals surface area contributed by atoms with E-state index in [2.05, 4.69) is 34.6 Å². The lowest BCUT2D eigenvalue weighted by atomic mass is 10.0. The Balaban J connectivity index is 1.23. The Bertz CT molecular complexity index is 1370. The molecule has 0 aliphatic carbocycles. The molecule has 6 nitrogen and oxygen atoms in total. The number of carbonyl (C=O) groups excluding carboxylic acids is 1. The largest absolute Gasteiger partial charge is 0.489 e. The number of hydrogen-bond acceptors (Lipinski definition) is 6. The molecule has 0 radical (unpaired) electrons. The molecule has 0 aliphatic rings. The van der Waals surface area contributed by atoms with Gasteiger partial charge in [-0.1, -0.05) is 42.5 Å². The van der Waals surface area contributed by atoms with Crippen molar-refractivity contribution in [1.29, 1.82) is 0 Å². The van der Waals surface area contributed by atoms with Crippen LogP contribution in [0.3, 0.4) is 0 Å². The van der Waals surface area contributed by atoms with Gasteiger partial charge in [0.25, 0.3) is 0 Å². The molecule has 196 valence electrons. The maximum absolute atomic E-state index is 12.6. The van der Waals surface area contributed by atoms with Crippen LogP contribution in [0.1, 0.15) is 50.4 Å². The number of carbonyl (C=O) groups is 1. The molecule has 0 spiro atoms. The minimum absolute atomic E-state index is 0.422. The molecule has 0 atom stereocenters. The van der Waals surface area contributed by atoms with Crippen molar-refractivity contribution in [3.63, 3.8) is 0 Å². The summed E-state index contributed by atoms with van der Waals surface area (Å²) in [5.74, 6) is 0.760. The number of rotatable bonds is 11. The normalized spacial score (nSPS) is 10.6. The summed E-state index contributed by atoms with van der Waals surface area (Å²) in [7, 11) is 0. The van der Waals surface area contributed by atoms with Crippen LogP contribution in [0.2, 0.25) is 0 Å². The van der Waals surface area contributed by atoms with E-state index in [1.165, 1.54) is 5.56 Å². The van der Waals surface area contributed by atoms with Crippen LogP contribution in [0.15, 0.2) is 78.9 Å². The van der Waals surface area contributed by atoms with Crippen molar-refractivity contribution in [3.8, 4) is 11.5 Å². The van der Waals surface area contributed by atoms with Crippen molar-refractivity contribution < 1.29 is 19.3 Å². The van der Waals surface area contributed by atoms with Crippen LogP contribution in [0.25, 0.3) is 0 Å². The summed E-state index contributed by atoms with van der Waals surface area (Å²) in [6.45, 7) is 8.95. The van der Waals surface area contributed by atoms with Crippen LogP contribution in [0, 0.1) is 27.7 Å². The van der Waals surface area contributed by atoms with Crippen molar-refractivity contribution in [2.24, 2.45) is 0 Å². The van der Waals surface area contributed by atoms with E-state index < -0.39 is 5.97 Å². The molecular formula is C32H34N2O4. The summed E-state index contributed by atoms with van der Waals surface area (Å²) in [5, 5.41) is 3.49. The number of ether oxygens (including phenoxy) is 1. The lowest BCUT2D eigenvalue weighted by molar-refractivity contribution is -0.150. The van der Waals surface area contributed by atoms with Gasteiger partial charge in [0.1, 0.15) is 12.4 Å². The minimum Gasteiger partial charge on any atom is -0.489 e. The van der Waals surface area contributed by atoms with Gasteiger partial charge in [-0.3, -0.25) is 9.87 Å². The molecule has 0 saturated heterocycles. The molecule has 6 heteroatoms. The van der Waals surface area contributed by atoms with Crippen LogP contribution < -0.4 is 14.9 Å². The third-order valence-corrected chi connectivity index (χ3v) is 6.30. The maximum atomic E-state index is 12.6. The van der Waals surface area contributed by atoms with Gasteiger partial charge < -0.3 is 10.1 Å². The Morgan fingerprint density at radius 2 is 1.61 bits per heavy atom. The van der Waals surface area contributed by atoms with Gasteiger partial charge in [-0.2, -0.15) is 0 Å². The van der Waals surface area contributed by atoms with Crippen molar-refractivity contribution in [1.82, 2.24) is 4.98 Å². The highest BCUT2D eigenvalue weighted by molar-refractivity contribution is 5.91. The Hall–Kier alpha value is -4.32. The van der Waals surface area contributed by atoms with Crippen LogP contribution in [-0.4, -0.2) is 17.5 Å². The standard InChI is InChI=1S/C32H34N2O4/c1-22-20-30(23(2)19-29(22)32(35)38-37-31-17-12-24(3)34-25(31)4)33-18-8-11-26-13-15-28(16-14-26)36-21-27-9-6-5-7-10-27/h5-7,9-10,12-17,19-20,33H,8,11,18,21H2,1-4H3. The van der Waals surface area contributed by atoms with Crippen LogP contribution in [0.5, 0.6) is 11.5 Å². The van der Waals surface area contributed by atoms with E-state index in [1.54, 1.807) is 6.07 Å². The molecule has 0 amide bonds. The predicted molar refractivity (Wildman–Crippen MR) is 150 cm³/mol. The quantitative estimate of drug-likeness (QED) is 0.132. The van der Waals surface area contributed by atoms with E-state index in [1.807, 2.05) is 76.2 Å². The number of nitrogens with zero attached hydrogens (tertiary/aromatic N) is 1. The molecule has 1 aromatic heterocycles. The highest BCUT2D eigenvalue weighted by atomic mass is 17.2. The number of anilines is 1. The zero-order valence-corrected chi connectivity index (χ0v) is 22.4. The molecule has 0 aliphatic heterocycles. The van der Waals surface area contributed by atoms with Crippen LogP contribution in [0.4, 0.5) is 5.69 Å². The molecule has 4 rings (SSSR count). The predicted octanol–water partition coefficient (Wildman–Crippen LogP) is 7.09. The third-order valence-electron chi connectivity index (χ3n) is 6.30. The fourth-order valence-corrected chi connectivity index (χ4v) is 4.12. The average Bonchev–Trinajstić information content (AvgIpc) is 2.92. The Kier molecular flexibility index (Phi) is 8.98. The molecular weight excluding hydrogens is 476 g/mol. The lowest BCUT2D eigenvalue weighted by Gasteiger charge is -2.14. The highest BCUT2D eigenvalue weighted by Gasteiger charge is 2.16. The van der Waals surface area contributed by atoms with Gasteiger partial charge in [0, 0.05) is 17.9 Å². The summed E-state index contributed by atoms with van der Waals surface area (Å²) >= 11 is 0. The van der Waals surface area contributed by atoms with E-state index >= 15 is 0 Å². The van der Waals surface area contributed by atoms with Crippen molar-refractivity contribution in [3.05, 3.63) is 118 Å². The average molecular weight is 511 g/mol. The summed E-state index contributed by atoms with van der Waals surface area (Å²) in [6.07, 6.45) is 1.93. The third kappa shape index (κ3) is 7.35. The summed E-state index contributed by atoms with van der Waals surface area (Å²) in [4.78, 5) is 27.3. The summed E-state index contributed by atoms with van der Waals surface area (Å²) in [5.41, 5.74) is 7.22. The lowest BCUT2D eigenvalue weighted by Crippen LogP contribution is -2.12.